The summed E-state index contributed by atoms with van der Waals surface area (Å²) in [6.45, 7) is 0.941. The third-order valence-corrected chi connectivity index (χ3v) is 4.45. The molecule has 1 fully saturated rings. The Bertz CT molecular complexity index is 936. The number of amides is 4. The monoisotopic (exact) mass is 393 g/mol. The molecule has 1 atom stereocenters. The molecule has 6 nitrogen and oxygen atoms in total. The number of hydrogen-bond donors (Lipinski definition) is 2. The number of halogens is 3. The quantitative estimate of drug-likeness (QED) is 0.784. The number of urea groups is 1. The van der Waals surface area contributed by atoms with E-state index in [4.69, 9.17) is 11.6 Å². The van der Waals surface area contributed by atoms with Gasteiger partial charge in [0.05, 0.1) is 0 Å². The molecule has 0 aromatic heterocycles. The van der Waals surface area contributed by atoms with E-state index in [1.165, 1.54) is 13.0 Å². The zero-order valence-corrected chi connectivity index (χ0v) is 14.8. The van der Waals surface area contributed by atoms with Gasteiger partial charge >= 0.3 is 6.03 Å². The smallest absolute Gasteiger partial charge is 0.324 e. The molecule has 0 saturated carbocycles. The van der Waals surface area contributed by atoms with Gasteiger partial charge in [0.1, 0.15) is 12.1 Å². The Morgan fingerprint density at radius 2 is 1.81 bits per heavy atom. The predicted octanol–water partition coefficient (Wildman–Crippen LogP) is 3.02. The molecular formula is C18H14ClF2N3O3. The molecule has 2 aromatic rings. The number of hydrogen-bond acceptors (Lipinski definition) is 3. The molecule has 3 rings (SSSR count). The number of nitrogens with one attached hydrogen (secondary N) is 2. The van der Waals surface area contributed by atoms with Crippen LogP contribution in [0.15, 0.2) is 42.5 Å². The fourth-order valence-electron chi connectivity index (χ4n) is 2.74. The Morgan fingerprint density at radius 1 is 1.15 bits per heavy atom. The van der Waals surface area contributed by atoms with E-state index in [1.807, 2.05) is 0 Å². The third kappa shape index (κ3) is 3.61. The van der Waals surface area contributed by atoms with Crippen LogP contribution < -0.4 is 10.6 Å². The molecule has 0 bridgehead atoms. The van der Waals surface area contributed by atoms with Gasteiger partial charge in [-0.2, -0.15) is 0 Å². The Morgan fingerprint density at radius 3 is 2.44 bits per heavy atom. The zero-order chi connectivity index (χ0) is 19.8. The SMILES string of the molecule is CC1(c2ccc(Cl)cc2)NC(=O)N(CC(=O)Nc2ccc(F)c(F)c2)C1=O. The molecule has 0 aliphatic carbocycles. The van der Waals surface area contributed by atoms with Crippen LogP contribution in [0.5, 0.6) is 0 Å². The van der Waals surface area contributed by atoms with Gasteiger partial charge in [-0.25, -0.2) is 13.6 Å². The summed E-state index contributed by atoms with van der Waals surface area (Å²) in [4.78, 5) is 37.8. The highest BCUT2D eigenvalue weighted by molar-refractivity contribution is 6.30. The maximum absolute atomic E-state index is 13.2. The van der Waals surface area contributed by atoms with E-state index in [0.29, 0.717) is 10.6 Å². The molecule has 2 aromatic carbocycles. The van der Waals surface area contributed by atoms with Crippen LogP contribution in [0.3, 0.4) is 0 Å². The van der Waals surface area contributed by atoms with Crippen LogP contribution in [-0.4, -0.2) is 29.3 Å². The second-order valence-corrected chi connectivity index (χ2v) is 6.57. The van der Waals surface area contributed by atoms with Gasteiger partial charge in [-0.15, -0.1) is 0 Å². The maximum Gasteiger partial charge on any atom is 0.325 e. The van der Waals surface area contributed by atoms with Crippen molar-refractivity contribution < 1.29 is 23.2 Å². The number of benzene rings is 2. The van der Waals surface area contributed by atoms with Crippen molar-refractivity contribution in [2.24, 2.45) is 0 Å². The lowest BCUT2D eigenvalue weighted by Crippen LogP contribution is -2.42. The minimum Gasteiger partial charge on any atom is -0.324 e. The number of rotatable bonds is 4. The average molecular weight is 394 g/mol. The summed E-state index contributed by atoms with van der Waals surface area (Å²) in [6, 6.07) is 8.46. The van der Waals surface area contributed by atoms with Gasteiger partial charge in [0, 0.05) is 16.8 Å². The molecule has 1 heterocycles. The van der Waals surface area contributed by atoms with Crippen molar-refractivity contribution in [2.45, 2.75) is 12.5 Å². The van der Waals surface area contributed by atoms with Crippen molar-refractivity contribution in [1.29, 1.82) is 0 Å². The van der Waals surface area contributed by atoms with Gasteiger partial charge in [0.2, 0.25) is 5.91 Å². The lowest BCUT2D eigenvalue weighted by atomic mass is 9.92. The third-order valence-electron chi connectivity index (χ3n) is 4.20. The summed E-state index contributed by atoms with van der Waals surface area (Å²) in [6.07, 6.45) is 0. The summed E-state index contributed by atoms with van der Waals surface area (Å²) < 4.78 is 26.1. The first-order valence-electron chi connectivity index (χ1n) is 7.86. The standard InChI is InChI=1S/C18H14ClF2N3O3/c1-18(10-2-4-11(19)5-3-10)16(26)24(17(27)23-18)9-15(25)22-12-6-7-13(20)14(21)8-12/h2-8H,9H2,1H3,(H,22,25)(H,23,27). The van der Waals surface area contributed by atoms with Crippen LogP contribution in [0.25, 0.3) is 0 Å². The molecule has 1 saturated heterocycles. The molecule has 27 heavy (non-hydrogen) atoms. The first kappa shape index (κ1) is 18.8. The van der Waals surface area contributed by atoms with Crippen LogP contribution in [0.4, 0.5) is 19.3 Å². The van der Waals surface area contributed by atoms with Crippen LogP contribution >= 0.6 is 11.6 Å². The van der Waals surface area contributed by atoms with Crippen LogP contribution in [-0.2, 0) is 15.1 Å². The van der Waals surface area contributed by atoms with E-state index in [-0.39, 0.29) is 5.69 Å². The van der Waals surface area contributed by atoms with E-state index < -0.39 is 41.6 Å². The fourth-order valence-corrected chi connectivity index (χ4v) is 2.86. The first-order chi connectivity index (χ1) is 12.7. The molecule has 1 aliphatic rings. The van der Waals surface area contributed by atoms with E-state index in [1.54, 1.807) is 24.3 Å². The van der Waals surface area contributed by atoms with Crippen molar-refractivity contribution in [2.75, 3.05) is 11.9 Å². The number of nitrogens with zero attached hydrogens (tertiary/aromatic N) is 1. The van der Waals surface area contributed by atoms with Gasteiger partial charge in [0.25, 0.3) is 5.91 Å². The summed E-state index contributed by atoms with van der Waals surface area (Å²) in [5, 5.41) is 5.35. The Balaban J connectivity index is 1.74. The Kier molecular flexibility index (Phi) is 4.84. The summed E-state index contributed by atoms with van der Waals surface area (Å²) >= 11 is 5.84. The van der Waals surface area contributed by atoms with Gasteiger partial charge < -0.3 is 10.6 Å². The highest BCUT2D eigenvalue weighted by atomic mass is 35.5. The molecule has 140 valence electrons. The second-order valence-electron chi connectivity index (χ2n) is 6.13. The summed E-state index contributed by atoms with van der Waals surface area (Å²) in [7, 11) is 0. The molecule has 2 N–H and O–H groups in total. The molecule has 0 radical (unpaired) electrons. The minimum absolute atomic E-state index is 0.00594. The van der Waals surface area contributed by atoms with Gasteiger partial charge in [-0.05, 0) is 36.8 Å². The number of imide groups is 1. The Hall–Kier alpha value is -3.00. The van der Waals surface area contributed by atoms with Crippen molar-refractivity contribution >= 4 is 35.1 Å². The topological polar surface area (TPSA) is 78.5 Å². The second kappa shape index (κ2) is 6.96. The first-order valence-corrected chi connectivity index (χ1v) is 8.23. The lowest BCUT2D eigenvalue weighted by molar-refractivity contribution is -0.133. The fraction of sp³-hybridized carbons (Fsp3) is 0.167. The minimum atomic E-state index is -1.34. The van der Waals surface area contributed by atoms with Crippen molar-refractivity contribution in [3.63, 3.8) is 0 Å². The van der Waals surface area contributed by atoms with E-state index in [9.17, 15) is 23.2 Å². The normalized spacial score (nSPS) is 19.2. The van der Waals surface area contributed by atoms with E-state index in [2.05, 4.69) is 10.6 Å². The highest BCUT2D eigenvalue weighted by Gasteiger charge is 2.49. The molecule has 0 spiro atoms. The molecule has 9 heteroatoms. The van der Waals surface area contributed by atoms with E-state index >= 15 is 0 Å². The summed E-state index contributed by atoms with van der Waals surface area (Å²) in [5.41, 5.74) is -0.829. The number of carbonyl (C=O) groups is 3. The van der Waals surface area contributed by atoms with Crippen LogP contribution in [0, 0.1) is 11.6 Å². The number of carbonyl (C=O) groups excluding carboxylic acids is 3. The van der Waals surface area contributed by atoms with Crippen molar-refractivity contribution in [3.05, 3.63) is 64.7 Å². The molecule has 1 aliphatic heterocycles. The van der Waals surface area contributed by atoms with Crippen LogP contribution in [0.2, 0.25) is 5.02 Å². The predicted molar refractivity (Wildman–Crippen MR) is 94.0 cm³/mol. The van der Waals surface area contributed by atoms with Crippen molar-refractivity contribution in [1.82, 2.24) is 10.2 Å². The van der Waals surface area contributed by atoms with Crippen LogP contribution in [0.1, 0.15) is 12.5 Å². The van der Waals surface area contributed by atoms with Crippen molar-refractivity contribution in [3.8, 4) is 0 Å². The molecular weight excluding hydrogens is 380 g/mol. The lowest BCUT2D eigenvalue weighted by Gasteiger charge is -2.22. The van der Waals surface area contributed by atoms with E-state index in [0.717, 1.165) is 17.0 Å². The zero-order valence-electron chi connectivity index (χ0n) is 14.1. The van der Waals surface area contributed by atoms with Gasteiger partial charge in [-0.3, -0.25) is 14.5 Å². The van der Waals surface area contributed by atoms with Gasteiger partial charge in [-0.1, -0.05) is 23.7 Å². The average Bonchev–Trinajstić information content (AvgIpc) is 2.83. The highest BCUT2D eigenvalue weighted by Crippen LogP contribution is 2.29. The Labute approximate surface area is 158 Å². The van der Waals surface area contributed by atoms with Gasteiger partial charge in [0.15, 0.2) is 11.6 Å². The number of anilines is 1. The molecule has 4 amide bonds. The summed E-state index contributed by atoms with van der Waals surface area (Å²) in [5.74, 6) is -3.53. The largest absolute Gasteiger partial charge is 0.325 e. The molecule has 1 unspecified atom stereocenters. The maximum atomic E-state index is 13.2.